The molecular weight excluding hydrogens is 723 g/mol. The second kappa shape index (κ2) is 17.0. The van der Waals surface area contributed by atoms with Crippen LogP contribution in [-0.4, -0.2) is 99.8 Å². The number of piperidine rings is 1. The number of likely N-dealkylation sites (N-methyl/N-ethyl adjacent to an activating group) is 1. The number of hydrogen-bond acceptors (Lipinski definition) is 9. The molecule has 5 aromatic rings. The summed E-state index contributed by atoms with van der Waals surface area (Å²) < 4.78 is 33.4. The van der Waals surface area contributed by atoms with Gasteiger partial charge in [0, 0.05) is 70.7 Å². The number of rotatable bonds is 10. The Hall–Kier alpha value is -5.00. The van der Waals surface area contributed by atoms with E-state index in [-0.39, 0.29) is 12.5 Å². The molecule has 52 heavy (non-hydrogen) atoms. The van der Waals surface area contributed by atoms with E-state index in [0.717, 1.165) is 82.7 Å². The summed E-state index contributed by atoms with van der Waals surface area (Å²) in [6.45, 7) is 5.09. The average molecular weight is 760 g/mol. The quantitative estimate of drug-likeness (QED) is 0.106. The molecule has 276 valence electrons. The molecule has 5 heterocycles. The molecular formula is C34H37ClF3N9O4S. The topological polar surface area (TPSA) is 168 Å². The van der Waals surface area contributed by atoms with Crippen LogP contribution in [0.2, 0.25) is 4.34 Å². The summed E-state index contributed by atoms with van der Waals surface area (Å²) in [4.78, 5) is 55.1. The van der Waals surface area contributed by atoms with Crippen LogP contribution in [0, 0.1) is 6.92 Å². The molecule has 0 radical (unpaired) electrons. The van der Waals surface area contributed by atoms with Gasteiger partial charge in [-0.15, -0.1) is 11.3 Å². The van der Waals surface area contributed by atoms with Crippen LogP contribution >= 0.6 is 22.9 Å². The fourth-order valence-corrected chi connectivity index (χ4v) is 7.27. The number of aromatic amines is 1. The predicted octanol–water partition coefficient (Wildman–Crippen LogP) is 6.06. The molecule has 18 heteroatoms. The highest BCUT2D eigenvalue weighted by Gasteiger charge is 2.38. The fourth-order valence-electron chi connectivity index (χ4n) is 5.90. The normalized spacial score (nSPS) is 14.6. The lowest BCUT2D eigenvalue weighted by atomic mass is 10.0. The highest BCUT2D eigenvalue weighted by atomic mass is 35.5. The van der Waals surface area contributed by atoms with Crippen LogP contribution in [0.4, 0.5) is 29.5 Å². The van der Waals surface area contributed by atoms with Gasteiger partial charge in [-0.2, -0.15) is 13.2 Å². The molecule has 0 aliphatic carbocycles. The summed E-state index contributed by atoms with van der Waals surface area (Å²) in [7, 11) is 2.13. The molecule has 1 aliphatic rings. The molecule has 6 rings (SSSR count). The largest absolute Gasteiger partial charge is 0.490 e. The van der Waals surface area contributed by atoms with Crippen molar-refractivity contribution in [2.45, 2.75) is 38.4 Å². The highest BCUT2D eigenvalue weighted by molar-refractivity contribution is 7.23. The van der Waals surface area contributed by atoms with Crippen molar-refractivity contribution in [1.29, 1.82) is 0 Å². The van der Waals surface area contributed by atoms with Crippen LogP contribution in [-0.2, 0) is 9.59 Å². The third-order valence-electron chi connectivity index (χ3n) is 8.49. The lowest BCUT2D eigenvalue weighted by molar-refractivity contribution is -0.192. The number of amides is 3. The Bertz CT molecular complexity index is 2040. The van der Waals surface area contributed by atoms with Crippen LogP contribution in [0.1, 0.15) is 25.0 Å². The maximum atomic E-state index is 12.6. The number of halogens is 4. The number of pyridine rings is 1. The number of thiophene rings is 1. The van der Waals surface area contributed by atoms with Gasteiger partial charge in [0.15, 0.2) is 0 Å². The Labute approximate surface area is 305 Å². The van der Waals surface area contributed by atoms with Gasteiger partial charge in [0.05, 0.1) is 11.9 Å². The Kier molecular flexibility index (Phi) is 12.5. The zero-order chi connectivity index (χ0) is 37.4. The first-order chi connectivity index (χ1) is 24.8. The van der Waals surface area contributed by atoms with Gasteiger partial charge in [-0.1, -0.05) is 17.7 Å². The number of alkyl halides is 3. The number of carbonyl (C=O) groups is 3. The molecule has 5 N–H and O–H groups in total. The molecule has 0 spiro atoms. The number of aliphatic carboxylic acids is 1. The van der Waals surface area contributed by atoms with E-state index < -0.39 is 18.2 Å². The number of carboxylic acids is 1. The molecule has 1 aliphatic heterocycles. The maximum Gasteiger partial charge on any atom is 0.490 e. The lowest BCUT2D eigenvalue weighted by Crippen LogP contribution is -2.47. The minimum atomic E-state index is -5.08. The number of aromatic nitrogens is 4. The van der Waals surface area contributed by atoms with Crippen LogP contribution in [0.25, 0.3) is 32.2 Å². The van der Waals surface area contributed by atoms with E-state index in [9.17, 15) is 22.8 Å². The van der Waals surface area contributed by atoms with Gasteiger partial charge in [0.2, 0.25) is 5.91 Å². The molecule has 1 fully saturated rings. The van der Waals surface area contributed by atoms with E-state index in [4.69, 9.17) is 21.5 Å². The van der Waals surface area contributed by atoms with E-state index >= 15 is 0 Å². The van der Waals surface area contributed by atoms with E-state index in [1.807, 2.05) is 49.5 Å². The summed E-state index contributed by atoms with van der Waals surface area (Å²) in [6, 6.07) is 11.5. The van der Waals surface area contributed by atoms with Crippen molar-refractivity contribution in [3.8, 4) is 11.1 Å². The zero-order valence-corrected chi connectivity index (χ0v) is 29.8. The molecule has 1 aromatic carbocycles. The first kappa shape index (κ1) is 38.2. The van der Waals surface area contributed by atoms with Gasteiger partial charge in [0.25, 0.3) is 0 Å². The van der Waals surface area contributed by atoms with E-state index in [1.54, 1.807) is 12.5 Å². The van der Waals surface area contributed by atoms with Crippen molar-refractivity contribution in [2.75, 3.05) is 50.0 Å². The number of urea groups is 1. The fraction of sp³-hybridized carbons (Fsp3) is 0.353. The van der Waals surface area contributed by atoms with Crippen molar-refractivity contribution in [3.05, 3.63) is 65.1 Å². The molecule has 3 amide bonds. The predicted molar refractivity (Wildman–Crippen MR) is 195 cm³/mol. The first-order valence-electron chi connectivity index (χ1n) is 16.3. The second-order valence-corrected chi connectivity index (χ2v) is 13.7. The number of carboxylic acid groups (broad SMARTS) is 1. The minimum Gasteiger partial charge on any atom is -0.475 e. The van der Waals surface area contributed by atoms with Crippen molar-refractivity contribution in [2.24, 2.45) is 0 Å². The highest BCUT2D eigenvalue weighted by Crippen LogP contribution is 2.43. The molecule has 1 saturated heterocycles. The smallest absolute Gasteiger partial charge is 0.475 e. The summed E-state index contributed by atoms with van der Waals surface area (Å²) in [5, 5.41) is 17.5. The Morgan fingerprint density at radius 1 is 1.13 bits per heavy atom. The third kappa shape index (κ3) is 9.65. The minimum absolute atomic E-state index is 0.113. The van der Waals surface area contributed by atoms with Gasteiger partial charge in [0.1, 0.15) is 22.1 Å². The van der Waals surface area contributed by atoms with E-state index in [0.29, 0.717) is 22.6 Å². The second-order valence-electron chi connectivity index (χ2n) is 12.1. The zero-order valence-electron chi connectivity index (χ0n) is 28.3. The van der Waals surface area contributed by atoms with Crippen LogP contribution < -0.4 is 20.9 Å². The van der Waals surface area contributed by atoms with Crippen LogP contribution in [0.3, 0.4) is 0 Å². The molecule has 1 atom stereocenters. The van der Waals surface area contributed by atoms with Gasteiger partial charge in [-0.3, -0.25) is 9.78 Å². The van der Waals surface area contributed by atoms with Crippen molar-refractivity contribution < 1.29 is 32.7 Å². The molecule has 0 unspecified atom stereocenters. The molecule has 4 aromatic heterocycles. The Morgan fingerprint density at radius 2 is 1.92 bits per heavy atom. The summed E-state index contributed by atoms with van der Waals surface area (Å²) in [5.74, 6) is -2.01. The van der Waals surface area contributed by atoms with E-state index in [1.165, 1.54) is 11.3 Å². The number of nitrogens with zero attached hydrogens (tertiary/aromatic N) is 5. The van der Waals surface area contributed by atoms with Crippen LogP contribution in [0.5, 0.6) is 0 Å². The molecule has 13 nitrogen and oxygen atoms in total. The number of anilines is 2. The van der Waals surface area contributed by atoms with Crippen LogP contribution in [0.15, 0.2) is 55.1 Å². The van der Waals surface area contributed by atoms with E-state index in [2.05, 4.69) is 52.7 Å². The van der Waals surface area contributed by atoms with Crippen molar-refractivity contribution >= 4 is 73.5 Å². The standard InChI is InChI=1S/C32H36ClN9O2S.C2HF3O2/c1-20-23(7-3-11-34-20)28-25-16-21(8-9-26(25)45-29(28)33)40-32(44)37-17-27(43)35-12-5-14-41(2)22-6-4-15-42(18-22)31-24-10-13-36-30(24)38-19-39-31;3-2(4,5)1(6)7/h3,7-11,13,16,19,22H,4-6,12,14-15,17-18H2,1-2H3,(H,35,43)(H,36,38,39)(H2,37,40,44);(H,6,7)/t22-;/m1./s1. The number of nitrogens with one attached hydrogen (secondary N) is 4. The SMILES string of the molecule is Cc1ncccc1-c1c(Cl)sc2ccc(NC(=O)NCC(=O)NCCCN(C)[C@@H]3CCCN(c4ncnc5[nH]ccc45)C3)cc12.O=C(O)C(F)(F)F. The van der Waals surface area contributed by atoms with Gasteiger partial charge >= 0.3 is 18.2 Å². The lowest BCUT2D eigenvalue weighted by Gasteiger charge is -2.38. The van der Waals surface area contributed by atoms with Crippen molar-refractivity contribution in [3.63, 3.8) is 0 Å². The molecule has 0 saturated carbocycles. The van der Waals surface area contributed by atoms with Crippen molar-refractivity contribution in [1.82, 2.24) is 35.5 Å². The van der Waals surface area contributed by atoms with Gasteiger partial charge in [-0.05, 0) is 70.1 Å². The van der Waals surface area contributed by atoms with Gasteiger partial charge < -0.3 is 35.8 Å². The number of carbonyl (C=O) groups excluding carboxylic acids is 2. The first-order valence-corrected chi connectivity index (χ1v) is 17.5. The average Bonchev–Trinajstić information content (AvgIpc) is 3.73. The number of H-pyrrole nitrogens is 1. The molecule has 0 bridgehead atoms. The number of hydrogen-bond donors (Lipinski definition) is 5. The maximum absolute atomic E-state index is 12.6. The monoisotopic (exact) mass is 759 g/mol. The number of benzene rings is 1. The van der Waals surface area contributed by atoms with Gasteiger partial charge in [-0.25, -0.2) is 19.6 Å². The Morgan fingerprint density at radius 3 is 2.67 bits per heavy atom. The third-order valence-corrected chi connectivity index (χ3v) is 9.87. The number of aryl methyl sites for hydroxylation is 1. The summed E-state index contributed by atoms with van der Waals surface area (Å²) >= 11 is 8.09. The summed E-state index contributed by atoms with van der Waals surface area (Å²) in [6.07, 6.45) is 3.20. The summed E-state index contributed by atoms with van der Waals surface area (Å²) in [5.41, 5.74) is 4.21. The Balaban J connectivity index is 0.000000679. The number of fused-ring (bicyclic) bond motifs is 2.